The Kier molecular flexibility index (Phi) is 3.41. The second kappa shape index (κ2) is 4.57. The average Bonchev–Trinajstić information content (AvgIpc) is 2.12. The first kappa shape index (κ1) is 10.5. The van der Waals surface area contributed by atoms with Crippen LogP contribution in [0.4, 0.5) is 10.1 Å². The number of hydrogen-bond donors (Lipinski definition) is 2. The molecule has 0 aliphatic rings. The molecule has 0 unspecified atom stereocenters. The van der Waals surface area contributed by atoms with Crippen molar-refractivity contribution in [2.45, 2.75) is 0 Å². The lowest BCUT2D eigenvalue weighted by Crippen LogP contribution is -2.12. The molecule has 74 valence electrons. The zero-order valence-corrected chi connectivity index (χ0v) is 7.62. The SMILES string of the molecule is O=C(C=NO)Nc1ccc(F)c(Cl)c1. The number of hydrogen-bond acceptors (Lipinski definition) is 3. The van der Waals surface area contributed by atoms with Gasteiger partial charge in [-0.1, -0.05) is 16.8 Å². The Morgan fingerprint density at radius 3 is 2.93 bits per heavy atom. The fraction of sp³-hybridized carbons (Fsp3) is 0. The maximum atomic E-state index is 12.7. The van der Waals surface area contributed by atoms with Crippen molar-refractivity contribution >= 4 is 29.4 Å². The Labute approximate surface area is 84.0 Å². The molecular formula is C8H6ClFN2O2. The molecule has 1 amide bonds. The summed E-state index contributed by atoms with van der Waals surface area (Å²) in [5.74, 6) is -1.20. The van der Waals surface area contributed by atoms with Crippen molar-refractivity contribution < 1.29 is 14.4 Å². The van der Waals surface area contributed by atoms with Crippen molar-refractivity contribution in [2.24, 2.45) is 5.16 Å². The predicted octanol–water partition coefficient (Wildman–Crippen LogP) is 1.88. The minimum atomic E-state index is -0.629. The predicted molar refractivity (Wildman–Crippen MR) is 50.3 cm³/mol. The molecule has 2 N–H and O–H groups in total. The fourth-order valence-corrected chi connectivity index (χ4v) is 0.981. The van der Waals surface area contributed by atoms with Crippen LogP contribution in [0.15, 0.2) is 23.4 Å². The molecule has 0 bridgehead atoms. The number of carbonyl (C=O) groups excluding carboxylic acids is 1. The number of nitrogens with zero attached hydrogens (tertiary/aromatic N) is 1. The van der Waals surface area contributed by atoms with E-state index in [1.54, 1.807) is 0 Å². The molecule has 0 radical (unpaired) electrons. The third-order valence-corrected chi connectivity index (χ3v) is 1.65. The molecule has 4 nitrogen and oxygen atoms in total. The van der Waals surface area contributed by atoms with E-state index in [1.165, 1.54) is 12.1 Å². The van der Waals surface area contributed by atoms with Crippen LogP contribution in [0.3, 0.4) is 0 Å². The highest BCUT2D eigenvalue weighted by Gasteiger charge is 2.02. The van der Waals surface area contributed by atoms with Gasteiger partial charge in [-0.3, -0.25) is 4.79 Å². The van der Waals surface area contributed by atoms with Crippen molar-refractivity contribution in [1.29, 1.82) is 0 Å². The summed E-state index contributed by atoms with van der Waals surface area (Å²) in [4.78, 5) is 10.9. The Morgan fingerprint density at radius 1 is 1.64 bits per heavy atom. The van der Waals surface area contributed by atoms with Crippen LogP contribution in [0, 0.1) is 5.82 Å². The minimum Gasteiger partial charge on any atom is -0.411 e. The molecule has 1 aromatic rings. The van der Waals surface area contributed by atoms with Crippen molar-refractivity contribution in [1.82, 2.24) is 0 Å². The summed E-state index contributed by atoms with van der Waals surface area (Å²) in [6.45, 7) is 0. The molecule has 0 saturated heterocycles. The van der Waals surface area contributed by atoms with Gasteiger partial charge in [0, 0.05) is 5.69 Å². The lowest BCUT2D eigenvalue weighted by Gasteiger charge is -2.01. The zero-order valence-electron chi connectivity index (χ0n) is 6.87. The van der Waals surface area contributed by atoms with Crippen molar-refractivity contribution in [3.05, 3.63) is 29.0 Å². The maximum absolute atomic E-state index is 12.7. The maximum Gasteiger partial charge on any atom is 0.270 e. The second-order valence-electron chi connectivity index (χ2n) is 2.36. The second-order valence-corrected chi connectivity index (χ2v) is 2.77. The van der Waals surface area contributed by atoms with Crippen LogP contribution in [0.5, 0.6) is 0 Å². The first-order chi connectivity index (χ1) is 6.63. The van der Waals surface area contributed by atoms with Gasteiger partial charge in [-0.2, -0.15) is 0 Å². The largest absolute Gasteiger partial charge is 0.411 e. The summed E-state index contributed by atoms with van der Waals surface area (Å²) in [7, 11) is 0. The minimum absolute atomic E-state index is 0.0938. The molecule has 0 aromatic heterocycles. The summed E-state index contributed by atoms with van der Waals surface area (Å²) in [6, 6.07) is 3.71. The van der Waals surface area contributed by atoms with Crippen molar-refractivity contribution in [2.75, 3.05) is 5.32 Å². The van der Waals surface area contributed by atoms with Gasteiger partial charge in [0.1, 0.15) is 12.0 Å². The molecule has 0 fully saturated rings. The van der Waals surface area contributed by atoms with E-state index in [9.17, 15) is 9.18 Å². The Hall–Kier alpha value is -1.62. The normalized spacial score (nSPS) is 10.4. The number of benzene rings is 1. The van der Waals surface area contributed by atoms with Gasteiger partial charge in [0.25, 0.3) is 5.91 Å². The summed E-state index contributed by atoms with van der Waals surface area (Å²) in [5, 5.41) is 12.8. The van der Waals surface area contributed by atoms with E-state index in [1.807, 2.05) is 0 Å². The summed E-state index contributed by atoms with van der Waals surface area (Å²) >= 11 is 5.47. The first-order valence-corrected chi connectivity index (χ1v) is 3.94. The molecule has 0 saturated carbocycles. The molecular weight excluding hydrogens is 211 g/mol. The smallest absolute Gasteiger partial charge is 0.270 e. The number of nitrogens with one attached hydrogen (secondary N) is 1. The van der Waals surface area contributed by atoms with Gasteiger partial charge in [-0.05, 0) is 18.2 Å². The van der Waals surface area contributed by atoms with E-state index in [0.717, 1.165) is 6.07 Å². The van der Waals surface area contributed by atoms with E-state index in [-0.39, 0.29) is 5.02 Å². The van der Waals surface area contributed by atoms with Crippen LogP contribution in [0.2, 0.25) is 5.02 Å². The summed E-state index contributed by atoms with van der Waals surface area (Å²) in [5.41, 5.74) is 0.321. The van der Waals surface area contributed by atoms with Gasteiger partial charge in [0.05, 0.1) is 5.02 Å². The van der Waals surface area contributed by atoms with E-state index in [2.05, 4.69) is 10.5 Å². The van der Waals surface area contributed by atoms with Crippen LogP contribution in [-0.4, -0.2) is 17.3 Å². The third-order valence-electron chi connectivity index (χ3n) is 1.36. The molecule has 14 heavy (non-hydrogen) atoms. The Balaban J connectivity index is 2.78. The van der Waals surface area contributed by atoms with Crippen LogP contribution in [0.1, 0.15) is 0 Å². The average molecular weight is 217 g/mol. The van der Waals surface area contributed by atoms with Gasteiger partial charge in [-0.25, -0.2) is 4.39 Å². The zero-order chi connectivity index (χ0) is 10.6. The first-order valence-electron chi connectivity index (χ1n) is 3.57. The molecule has 6 heteroatoms. The Bertz CT molecular complexity index is 382. The van der Waals surface area contributed by atoms with Gasteiger partial charge in [0.2, 0.25) is 0 Å². The highest BCUT2D eigenvalue weighted by molar-refractivity contribution is 6.33. The number of rotatable bonds is 2. The van der Waals surface area contributed by atoms with Crippen LogP contribution >= 0.6 is 11.6 Å². The summed E-state index contributed by atoms with van der Waals surface area (Å²) < 4.78 is 12.7. The van der Waals surface area contributed by atoms with E-state index < -0.39 is 11.7 Å². The van der Waals surface area contributed by atoms with Gasteiger partial charge < -0.3 is 10.5 Å². The van der Waals surface area contributed by atoms with Gasteiger partial charge >= 0.3 is 0 Å². The lowest BCUT2D eigenvalue weighted by molar-refractivity contribution is -0.110. The third kappa shape index (κ3) is 2.70. The van der Waals surface area contributed by atoms with Crippen LogP contribution in [-0.2, 0) is 4.79 Å². The highest BCUT2D eigenvalue weighted by Crippen LogP contribution is 2.18. The Morgan fingerprint density at radius 2 is 2.36 bits per heavy atom. The molecule has 1 aromatic carbocycles. The number of anilines is 1. The molecule has 1 rings (SSSR count). The molecule has 0 aliphatic heterocycles. The van der Waals surface area contributed by atoms with Crippen molar-refractivity contribution in [3.8, 4) is 0 Å². The monoisotopic (exact) mass is 216 g/mol. The fourth-order valence-electron chi connectivity index (χ4n) is 0.801. The number of halogens is 2. The van der Waals surface area contributed by atoms with E-state index in [4.69, 9.17) is 16.8 Å². The molecule has 0 heterocycles. The lowest BCUT2D eigenvalue weighted by atomic mass is 10.3. The van der Waals surface area contributed by atoms with E-state index in [0.29, 0.717) is 11.9 Å². The van der Waals surface area contributed by atoms with Crippen molar-refractivity contribution in [3.63, 3.8) is 0 Å². The highest BCUT2D eigenvalue weighted by atomic mass is 35.5. The number of amides is 1. The summed E-state index contributed by atoms with van der Waals surface area (Å²) in [6.07, 6.45) is 0.678. The quantitative estimate of drug-likeness (QED) is 0.450. The van der Waals surface area contributed by atoms with Crippen LogP contribution in [0.25, 0.3) is 0 Å². The molecule has 0 atom stereocenters. The molecule has 0 aliphatic carbocycles. The molecule has 0 spiro atoms. The number of oxime groups is 1. The standard InChI is InChI=1S/C8H6ClFN2O2/c9-6-3-5(1-2-7(6)10)12-8(13)4-11-14/h1-4,14H,(H,12,13). The van der Waals surface area contributed by atoms with Crippen LogP contribution < -0.4 is 5.32 Å². The van der Waals surface area contributed by atoms with E-state index >= 15 is 0 Å². The topological polar surface area (TPSA) is 61.7 Å². The van der Waals surface area contributed by atoms with Gasteiger partial charge in [0.15, 0.2) is 0 Å². The number of carbonyl (C=O) groups is 1. The van der Waals surface area contributed by atoms with Gasteiger partial charge in [-0.15, -0.1) is 0 Å².